The van der Waals surface area contributed by atoms with Crippen LogP contribution in [0.4, 0.5) is 45.5 Å². The van der Waals surface area contributed by atoms with Gasteiger partial charge in [0.05, 0.1) is 11.4 Å². The molecule has 0 atom stereocenters. The number of nitrogens with zero attached hydrogens (tertiary/aromatic N) is 2. The quantitative estimate of drug-likeness (QED) is 0.173. The Bertz CT molecular complexity index is 5270. The van der Waals surface area contributed by atoms with Gasteiger partial charge in [-0.2, -0.15) is 0 Å². The van der Waals surface area contributed by atoms with Gasteiger partial charge in [-0.25, -0.2) is 0 Å². The van der Waals surface area contributed by atoms with Crippen molar-refractivity contribution in [2.24, 2.45) is 0 Å². The largest absolute Gasteiger partial charge is 0.458 e. The molecule has 1 N–H and O–H groups in total. The minimum absolute atomic E-state index is 0.128. The molecular formula is C84H68B3N3O3. The van der Waals surface area contributed by atoms with Crippen molar-refractivity contribution in [2.75, 3.05) is 15.1 Å². The highest BCUT2D eigenvalue weighted by molar-refractivity contribution is 7.03. The molecular weight excluding hydrogens is 1130 g/mol. The first-order valence-electron chi connectivity index (χ1n) is 32.9. The van der Waals surface area contributed by atoms with Crippen LogP contribution in [0, 0.1) is 83.1 Å². The first-order valence-corrected chi connectivity index (χ1v) is 32.9. The Balaban J connectivity index is 0.950. The van der Waals surface area contributed by atoms with Crippen molar-refractivity contribution in [1.29, 1.82) is 0 Å². The van der Waals surface area contributed by atoms with E-state index in [9.17, 15) is 0 Å². The smallest absolute Gasteiger partial charge is 0.256 e. The van der Waals surface area contributed by atoms with Crippen LogP contribution in [-0.2, 0) is 0 Å². The fourth-order valence-electron chi connectivity index (χ4n) is 17.8. The molecule has 6 aliphatic heterocycles. The number of ether oxygens (including phenoxy) is 3. The average molecular weight is 1200 g/mol. The predicted molar refractivity (Wildman–Crippen MR) is 392 cm³/mol. The Kier molecular flexibility index (Phi) is 12.0. The van der Waals surface area contributed by atoms with Gasteiger partial charge in [-0.05, 0) is 276 Å². The van der Waals surface area contributed by atoms with Crippen LogP contribution in [-0.4, -0.2) is 20.1 Å². The van der Waals surface area contributed by atoms with E-state index in [0.29, 0.717) is 0 Å². The lowest BCUT2D eigenvalue weighted by Crippen LogP contribution is -2.65. The van der Waals surface area contributed by atoms with Gasteiger partial charge in [-0.15, -0.1) is 0 Å². The van der Waals surface area contributed by atoms with Crippen LogP contribution in [0.25, 0.3) is 33.4 Å². The van der Waals surface area contributed by atoms with E-state index in [1.807, 2.05) is 0 Å². The summed E-state index contributed by atoms with van der Waals surface area (Å²) in [6.07, 6.45) is 0. The summed E-state index contributed by atoms with van der Waals surface area (Å²) < 4.78 is 22.2. The number of fused-ring (bicyclic) bond motifs is 12. The maximum absolute atomic E-state index is 7.89. The predicted octanol–water partition coefficient (Wildman–Crippen LogP) is 15.9. The van der Waals surface area contributed by atoms with Gasteiger partial charge in [0.1, 0.15) is 34.5 Å². The van der Waals surface area contributed by atoms with E-state index in [1.165, 1.54) is 111 Å². The van der Waals surface area contributed by atoms with Crippen molar-refractivity contribution in [3.8, 4) is 67.9 Å². The standard InChI is InChI=1S/C84H68B3N3O3/c1-44-30-52(9)83(53(10)31-44)89-67-42-65-61(85-59-26-13-15-28-71(59)91-74-37-56(34-66(88-65)80(74)85)77-46(3)20-17-21-47(77)4)40-62(67)87-64-41-63-68(43-73(64)93-76-39-58(36-70(89)82(76)87)79-50(7)24-19-25-51(79)8)90(84-54(11)32-45(2)33-55(84)12)69-35-57(78-48(5)22-18-23-49(78)6)38-75-81(69)86(63)60-27-14-16-29-72(60)92-75/h13-43,88H,1-12H3. The molecule has 12 aromatic rings. The Labute approximate surface area is 546 Å². The molecule has 0 saturated heterocycles. The summed E-state index contributed by atoms with van der Waals surface area (Å²) in [4.78, 5) is 5.16. The molecule has 0 unspecified atom stereocenters. The first kappa shape index (κ1) is 55.5. The SMILES string of the molecule is Cc1cc(C)c(N2c3cc4c(cc3B3c5cc6c(cc5Oc5cc(-c7c(C)cccc7C)cc2c53)N(c2c(C)cc(C)cc2C)c2cc(-c3c(C)cccc3C)cc3c2B6c2ccccc2O3)B2c3ccccc3Oc3cc(-c5c(C)cccc5C)cc(c32)N4)c(C)c1. The molecule has 0 saturated carbocycles. The second kappa shape index (κ2) is 20.1. The third-order valence-corrected chi connectivity index (χ3v) is 21.2. The highest BCUT2D eigenvalue weighted by Gasteiger charge is 2.50. The molecule has 6 heterocycles. The molecule has 0 spiro atoms. The minimum atomic E-state index is -0.264. The Morgan fingerprint density at radius 3 is 1.11 bits per heavy atom. The minimum Gasteiger partial charge on any atom is -0.458 e. The van der Waals surface area contributed by atoms with E-state index in [-0.39, 0.29) is 20.1 Å². The normalized spacial score (nSPS) is 13.6. The molecule has 12 aromatic carbocycles. The van der Waals surface area contributed by atoms with E-state index in [1.54, 1.807) is 0 Å². The summed E-state index contributed by atoms with van der Waals surface area (Å²) in [5.41, 5.74) is 41.2. The number of para-hydroxylation sites is 2. The number of benzene rings is 12. The monoisotopic (exact) mass is 1200 g/mol. The third-order valence-electron chi connectivity index (χ3n) is 21.2. The topological polar surface area (TPSA) is 46.2 Å². The lowest BCUT2D eigenvalue weighted by atomic mass is 9.29. The number of rotatable bonds is 5. The Morgan fingerprint density at radius 2 is 0.645 bits per heavy atom. The van der Waals surface area contributed by atoms with Crippen LogP contribution in [0.3, 0.4) is 0 Å². The van der Waals surface area contributed by atoms with Crippen LogP contribution >= 0.6 is 0 Å². The van der Waals surface area contributed by atoms with Crippen molar-refractivity contribution in [2.45, 2.75) is 83.1 Å². The highest BCUT2D eigenvalue weighted by Crippen LogP contribution is 2.51. The number of hydrogen-bond acceptors (Lipinski definition) is 6. The zero-order valence-electron chi connectivity index (χ0n) is 54.7. The molecule has 0 aliphatic carbocycles. The zero-order chi connectivity index (χ0) is 63.3. The van der Waals surface area contributed by atoms with E-state index >= 15 is 0 Å². The lowest BCUT2D eigenvalue weighted by molar-refractivity contribution is 0.487. The van der Waals surface area contributed by atoms with Crippen LogP contribution in [0.5, 0.6) is 34.5 Å². The Hall–Kier alpha value is -10.4. The van der Waals surface area contributed by atoms with Crippen molar-refractivity contribution >= 4 is 115 Å². The van der Waals surface area contributed by atoms with Crippen molar-refractivity contribution < 1.29 is 14.2 Å². The summed E-state index contributed by atoms with van der Waals surface area (Å²) in [7, 11) is 0. The van der Waals surface area contributed by atoms with E-state index in [0.717, 1.165) is 118 Å². The van der Waals surface area contributed by atoms with Gasteiger partial charge >= 0.3 is 0 Å². The van der Waals surface area contributed by atoms with Gasteiger partial charge in [-0.1, -0.05) is 139 Å². The van der Waals surface area contributed by atoms with Gasteiger partial charge < -0.3 is 29.3 Å². The fraction of sp³-hybridized carbons (Fsp3) is 0.143. The molecule has 9 heteroatoms. The molecule has 6 nitrogen and oxygen atoms in total. The van der Waals surface area contributed by atoms with E-state index in [4.69, 9.17) is 14.2 Å². The van der Waals surface area contributed by atoms with Crippen molar-refractivity contribution in [1.82, 2.24) is 0 Å². The molecule has 0 aromatic heterocycles. The average Bonchev–Trinajstić information content (AvgIpc) is 0.691. The van der Waals surface area contributed by atoms with Crippen LogP contribution < -0.4 is 78.5 Å². The number of hydrogen-bond donors (Lipinski definition) is 1. The van der Waals surface area contributed by atoms with Gasteiger partial charge in [-0.3, -0.25) is 0 Å². The summed E-state index contributed by atoms with van der Waals surface area (Å²) in [5.74, 6) is 5.23. The fourth-order valence-corrected chi connectivity index (χ4v) is 17.8. The molecule has 0 bridgehead atoms. The second-order valence-electron chi connectivity index (χ2n) is 27.5. The summed E-state index contributed by atoms with van der Waals surface area (Å²) >= 11 is 0. The van der Waals surface area contributed by atoms with Crippen LogP contribution in [0.15, 0.2) is 188 Å². The molecule has 93 heavy (non-hydrogen) atoms. The number of nitrogens with one attached hydrogen (secondary N) is 1. The Morgan fingerprint density at radius 1 is 0.269 bits per heavy atom. The zero-order valence-corrected chi connectivity index (χ0v) is 54.7. The second-order valence-corrected chi connectivity index (χ2v) is 27.5. The molecule has 0 fully saturated rings. The van der Waals surface area contributed by atoms with Gasteiger partial charge in [0, 0.05) is 40.2 Å². The highest BCUT2D eigenvalue weighted by atomic mass is 16.5. The van der Waals surface area contributed by atoms with Crippen LogP contribution in [0.2, 0.25) is 0 Å². The lowest BCUT2D eigenvalue weighted by Gasteiger charge is -2.45. The molecule has 446 valence electrons. The van der Waals surface area contributed by atoms with Gasteiger partial charge in [0.2, 0.25) is 0 Å². The number of aryl methyl sites for hydroxylation is 12. The maximum Gasteiger partial charge on any atom is 0.256 e. The van der Waals surface area contributed by atoms with Gasteiger partial charge in [0.25, 0.3) is 20.1 Å². The molecule has 0 amide bonds. The van der Waals surface area contributed by atoms with E-state index < -0.39 is 0 Å². The van der Waals surface area contributed by atoms with Crippen molar-refractivity contribution in [3.05, 3.63) is 255 Å². The molecule has 18 rings (SSSR count). The van der Waals surface area contributed by atoms with Gasteiger partial charge in [0.15, 0.2) is 0 Å². The third kappa shape index (κ3) is 8.05. The number of anilines is 8. The first-order chi connectivity index (χ1) is 45.0. The molecule has 6 aliphatic rings. The van der Waals surface area contributed by atoms with Crippen molar-refractivity contribution in [3.63, 3.8) is 0 Å². The summed E-state index contributed by atoms with van der Waals surface area (Å²) in [5, 5.41) is 4.16. The van der Waals surface area contributed by atoms with Crippen LogP contribution in [0.1, 0.15) is 66.8 Å². The maximum atomic E-state index is 7.89. The van der Waals surface area contributed by atoms with E-state index in [2.05, 4.69) is 286 Å². The molecule has 0 radical (unpaired) electrons. The summed E-state index contributed by atoms with van der Waals surface area (Å²) in [6, 6.07) is 70.9. The summed E-state index contributed by atoms with van der Waals surface area (Å²) in [6.45, 7) is 26.4.